The van der Waals surface area contributed by atoms with Crippen LogP contribution in [0.3, 0.4) is 0 Å². The Morgan fingerprint density at radius 2 is 2.05 bits per heavy atom. The van der Waals surface area contributed by atoms with Crippen molar-refractivity contribution in [2.24, 2.45) is 4.99 Å². The van der Waals surface area contributed by atoms with Crippen LogP contribution in [0, 0.1) is 13.7 Å². The highest BCUT2D eigenvalue weighted by Crippen LogP contribution is 2.36. The number of thiazole rings is 1. The first-order valence-electron chi connectivity index (χ1n) is 11.7. The Kier molecular flexibility index (Phi) is 8.02. The van der Waals surface area contributed by atoms with E-state index in [-0.39, 0.29) is 26.4 Å². The van der Waals surface area contributed by atoms with E-state index < -0.39 is 33.9 Å². The number of fused-ring (bicyclic) bond motifs is 1. The summed E-state index contributed by atoms with van der Waals surface area (Å²) in [6, 6.07) is 9.06. The molecule has 38 heavy (non-hydrogen) atoms. The summed E-state index contributed by atoms with van der Waals surface area (Å²) in [5, 5.41) is 21.4. The Bertz CT molecular complexity index is 1660. The molecule has 0 fully saturated rings. The fourth-order valence-corrected chi connectivity index (χ4v) is 5.81. The summed E-state index contributed by atoms with van der Waals surface area (Å²) in [6.07, 6.45) is 1.35. The number of carbonyl (C=O) groups is 1. The number of ether oxygens (including phenoxy) is 2. The highest BCUT2D eigenvalue weighted by molar-refractivity contribution is 14.1. The number of para-hydroxylation sites is 1. The van der Waals surface area contributed by atoms with Gasteiger partial charge in [0.15, 0.2) is 4.80 Å². The van der Waals surface area contributed by atoms with Crippen LogP contribution in [0.4, 0.5) is 5.69 Å². The van der Waals surface area contributed by atoms with Crippen LogP contribution in [0.25, 0.3) is 6.08 Å². The maximum Gasteiger partial charge on any atom is 0.338 e. The molecule has 1 aliphatic rings. The van der Waals surface area contributed by atoms with Crippen LogP contribution in [0.15, 0.2) is 57.5 Å². The number of allylic oxidation sites excluding steroid dienone is 1. The average Bonchev–Trinajstić information content (AvgIpc) is 3.14. The highest BCUT2D eigenvalue weighted by Gasteiger charge is 2.35. The van der Waals surface area contributed by atoms with Crippen molar-refractivity contribution in [3.8, 4) is 11.5 Å². The molecule has 0 amide bonds. The number of hydrogen-bond donors (Lipinski definition) is 1. The van der Waals surface area contributed by atoms with Crippen LogP contribution in [0.2, 0.25) is 0 Å². The SMILES string of the molecule is CCOC(=O)C1=C(C)N=c2s/c(=C/c3cc(I)c(O)c([N+](=O)[O-])c3)c(=O)n2[C@H]1c1ccccc1OC(C)C. The number of rotatable bonds is 7. The van der Waals surface area contributed by atoms with E-state index in [1.807, 2.05) is 19.9 Å². The third-order valence-corrected chi connectivity index (χ3v) is 7.46. The van der Waals surface area contributed by atoms with Crippen LogP contribution in [0.5, 0.6) is 11.5 Å². The molecule has 0 spiro atoms. The van der Waals surface area contributed by atoms with E-state index in [1.165, 1.54) is 16.7 Å². The maximum absolute atomic E-state index is 13.8. The number of phenols is 1. The number of aromatic hydroxyl groups is 1. The minimum absolute atomic E-state index is 0.148. The van der Waals surface area contributed by atoms with Gasteiger partial charge in [-0.2, -0.15) is 0 Å². The lowest BCUT2D eigenvalue weighted by Crippen LogP contribution is -2.40. The molecule has 12 heteroatoms. The fraction of sp³-hybridized carbons (Fsp3) is 0.269. The van der Waals surface area contributed by atoms with Crippen molar-refractivity contribution < 1.29 is 24.3 Å². The van der Waals surface area contributed by atoms with E-state index in [9.17, 15) is 24.8 Å². The molecular weight excluding hydrogens is 625 g/mol. The molecule has 0 saturated heterocycles. The number of carbonyl (C=O) groups excluding carboxylic acids is 1. The van der Waals surface area contributed by atoms with Gasteiger partial charge in [-0.25, -0.2) is 9.79 Å². The zero-order chi connectivity index (χ0) is 27.7. The van der Waals surface area contributed by atoms with Crippen LogP contribution in [-0.4, -0.2) is 33.3 Å². The van der Waals surface area contributed by atoms with Crippen LogP contribution in [0.1, 0.15) is 44.9 Å². The summed E-state index contributed by atoms with van der Waals surface area (Å²) in [6.45, 7) is 7.30. The summed E-state index contributed by atoms with van der Waals surface area (Å²) in [4.78, 5) is 42.6. The molecule has 198 valence electrons. The zero-order valence-electron chi connectivity index (χ0n) is 20.9. The summed E-state index contributed by atoms with van der Waals surface area (Å²) >= 11 is 2.89. The quantitative estimate of drug-likeness (QED) is 0.178. The Labute approximate surface area is 234 Å². The number of aromatic nitrogens is 1. The minimum atomic E-state index is -0.864. The van der Waals surface area contributed by atoms with Gasteiger partial charge in [-0.1, -0.05) is 29.5 Å². The molecule has 1 aliphatic heterocycles. The van der Waals surface area contributed by atoms with Crippen molar-refractivity contribution in [1.29, 1.82) is 0 Å². The molecule has 0 unspecified atom stereocenters. The van der Waals surface area contributed by atoms with Gasteiger partial charge >= 0.3 is 11.7 Å². The molecule has 2 heterocycles. The second-order valence-corrected chi connectivity index (χ2v) is 10.8. The van der Waals surface area contributed by atoms with Gasteiger partial charge in [0.2, 0.25) is 5.75 Å². The van der Waals surface area contributed by atoms with Gasteiger partial charge in [0.25, 0.3) is 5.56 Å². The highest BCUT2D eigenvalue weighted by atomic mass is 127. The Balaban J connectivity index is 1.99. The van der Waals surface area contributed by atoms with Crippen molar-refractivity contribution in [3.63, 3.8) is 0 Å². The standard InChI is InChI=1S/C26H24IN3O7S/c1-5-36-25(33)21-14(4)28-26-29(22(21)16-8-6-7-9-19(16)37-13(2)3)24(32)20(38-26)12-15-10-17(27)23(31)18(11-15)30(34)35/h6-13,22,31H,5H2,1-4H3/b20-12+/t22-/m0/s1. The predicted molar refractivity (Wildman–Crippen MR) is 150 cm³/mol. The molecular formula is C26H24IN3O7S. The van der Waals surface area contributed by atoms with Crippen molar-refractivity contribution in [2.75, 3.05) is 6.61 Å². The summed E-state index contributed by atoms with van der Waals surface area (Å²) in [5.74, 6) is -0.510. The van der Waals surface area contributed by atoms with Gasteiger partial charge in [-0.3, -0.25) is 19.5 Å². The second kappa shape index (κ2) is 11.1. The number of benzene rings is 2. The molecule has 4 rings (SSSR count). The molecule has 0 saturated carbocycles. The van der Waals surface area contributed by atoms with Gasteiger partial charge in [0.05, 0.1) is 37.0 Å². The van der Waals surface area contributed by atoms with E-state index in [2.05, 4.69) is 4.99 Å². The maximum atomic E-state index is 13.8. The van der Waals surface area contributed by atoms with E-state index in [0.29, 0.717) is 27.4 Å². The normalized spacial score (nSPS) is 15.3. The first-order chi connectivity index (χ1) is 18.0. The summed E-state index contributed by atoms with van der Waals surface area (Å²) in [5.41, 5.74) is 0.703. The van der Waals surface area contributed by atoms with Gasteiger partial charge in [0.1, 0.15) is 11.8 Å². The predicted octanol–water partition coefficient (Wildman–Crippen LogP) is 3.80. The lowest BCUT2D eigenvalue weighted by atomic mass is 9.95. The number of esters is 1. The third kappa shape index (κ3) is 5.23. The van der Waals surface area contributed by atoms with Crippen LogP contribution in [-0.2, 0) is 9.53 Å². The smallest absolute Gasteiger partial charge is 0.338 e. The van der Waals surface area contributed by atoms with Crippen LogP contribution < -0.4 is 19.6 Å². The number of nitro groups is 1. The largest absolute Gasteiger partial charge is 0.501 e. The lowest BCUT2D eigenvalue weighted by molar-refractivity contribution is -0.386. The second-order valence-electron chi connectivity index (χ2n) is 8.63. The Morgan fingerprint density at radius 1 is 1.34 bits per heavy atom. The summed E-state index contributed by atoms with van der Waals surface area (Å²) < 4.78 is 13.3. The van der Waals surface area contributed by atoms with Gasteiger partial charge in [0, 0.05) is 11.6 Å². The first kappa shape index (κ1) is 27.5. The number of hydrogen-bond acceptors (Lipinski definition) is 9. The third-order valence-electron chi connectivity index (χ3n) is 5.65. The molecule has 1 atom stereocenters. The molecule has 0 bridgehead atoms. The van der Waals surface area contributed by atoms with Crippen molar-refractivity contribution in [3.05, 3.63) is 92.2 Å². The van der Waals surface area contributed by atoms with Crippen molar-refractivity contribution >= 4 is 51.7 Å². The monoisotopic (exact) mass is 649 g/mol. The van der Waals surface area contributed by atoms with E-state index in [4.69, 9.17) is 9.47 Å². The van der Waals surface area contributed by atoms with Crippen molar-refractivity contribution in [2.45, 2.75) is 39.8 Å². The number of halogens is 1. The zero-order valence-corrected chi connectivity index (χ0v) is 23.9. The Morgan fingerprint density at radius 3 is 2.71 bits per heavy atom. The first-order valence-corrected chi connectivity index (χ1v) is 13.5. The molecule has 10 nitrogen and oxygen atoms in total. The number of phenolic OH excluding ortho intramolecular Hbond substituents is 1. The number of nitro benzene ring substituents is 1. The topological polar surface area (TPSA) is 133 Å². The van der Waals surface area contributed by atoms with E-state index >= 15 is 0 Å². The summed E-state index contributed by atoms with van der Waals surface area (Å²) in [7, 11) is 0. The van der Waals surface area contributed by atoms with E-state index in [1.54, 1.807) is 60.7 Å². The lowest BCUT2D eigenvalue weighted by Gasteiger charge is -2.26. The molecule has 2 aromatic carbocycles. The van der Waals surface area contributed by atoms with Gasteiger partial charge in [-0.05, 0) is 74.1 Å². The molecule has 1 aromatic heterocycles. The molecule has 3 aromatic rings. The minimum Gasteiger partial charge on any atom is -0.501 e. The average molecular weight is 649 g/mol. The van der Waals surface area contributed by atoms with E-state index in [0.717, 1.165) is 11.3 Å². The molecule has 1 N–H and O–H groups in total. The molecule has 0 aliphatic carbocycles. The van der Waals surface area contributed by atoms with Gasteiger partial charge in [-0.15, -0.1) is 0 Å². The fourth-order valence-electron chi connectivity index (χ4n) is 4.13. The van der Waals surface area contributed by atoms with Gasteiger partial charge < -0.3 is 14.6 Å². The molecule has 0 radical (unpaired) electrons. The van der Waals surface area contributed by atoms with Crippen molar-refractivity contribution in [1.82, 2.24) is 4.57 Å². The van der Waals surface area contributed by atoms with Crippen LogP contribution >= 0.6 is 33.9 Å². The Hall–Kier alpha value is -3.52. The number of nitrogens with zero attached hydrogens (tertiary/aromatic N) is 3.